The van der Waals surface area contributed by atoms with Gasteiger partial charge in [0.25, 0.3) is 0 Å². The number of allylic oxidation sites excluding steroid dienone is 1. The molecule has 2 heteroatoms. The van der Waals surface area contributed by atoms with Gasteiger partial charge in [-0.25, -0.2) is 0 Å². The van der Waals surface area contributed by atoms with Gasteiger partial charge in [-0.3, -0.25) is 4.90 Å². The summed E-state index contributed by atoms with van der Waals surface area (Å²) in [6, 6.07) is 18.1. The van der Waals surface area contributed by atoms with Crippen molar-refractivity contribution < 1.29 is 5.11 Å². The minimum Gasteiger partial charge on any atom is -0.508 e. The molecule has 0 aliphatic heterocycles. The fourth-order valence-corrected chi connectivity index (χ4v) is 3.10. The van der Waals surface area contributed by atoms with Crippen LogP contribution >= 0.6 is 0 Å². The fourth-order valence-electron chi connectivity index (χ4n) is 3.10. The van der Waals surface area contributed by atoms with Crippen LogP contribution < -0.4 is 0 Å². The lowest BCUT2D eigenvalue weighted by molar-refractivity contribution is 0.232. The molecule has 0 fully saturated rings. The van der Waals surface area contributed by atoms with Gasteiger partial charge in [-0.05, 0) is 35.7 Å². The van der Waals surface area contributed by atoms with Crippen molar-refractivity contribution in [1.82, 2.24) is 4.90 Å². The van der Waals surface area contributed by atoms with Gasteiger partial charge in [0.05, 0.1) is 0 Å². The Hall–Kier alpha value is -2.06. The molecule has 0 aliphatic rings. The highest BCUT2D eigenvalue weighted by Crippen LogP contribution is 2.29. The Kier molecular flexibility index (Phi) is 6.42. The predicted octanol–water partition coefficient (Wildman–Crippen LogP) is 4.82. The van der Waals surface area contributed by atoms with E-state index >= 15 is 0 Å². The van der Waals surface area contributed by atoms with Gasteiger partial charge < -0.3 is 5.11 Å². The Morgan fingerprint density at radius 3 is 2.48 bits per heavy atom. The van der Waals surface area contributed by atoms with Gasteiger partial charge in [0.1, 0.15) is 5.75 Å². The maximum absolute atomic E-state index is 9.72. The van der Waals surface area contributed by atoms with Gasteiger partial charge in [-0.2, -0.15) is 0 Å². The second kappa shape index (κ2) is 8.54. The predicted molar refractivity (Wildman–Crippen MR) is 97.6 cm³/mol. The summed E-state index contributed by atoms with van der Waals surface area (Å²) in [7, 11) is 0. The summed E-state index contributed by atoms with van der Waals surface area (Å²) in [5.74, 6) is 0.989. The molecule has 0 heterocycles. The highest BCUT2D eigenvalue weighted by atomic mass is 16.3. The normalized spacial score (nSPS) is 13.7. The van der Waals surface area contributed by atoms with Crippen LogP contribution in [-0.2, 0) is 6.54 Å². The van der Waals surface area contributed by atoms with E-state index < -0.39 is 0 Å². The van der Waals surface area contributed by atoms with E-state index in [1.165, 1.54) is 5.56 Å². The van der Waals surface area contributed by atoms with Crippen LogP contribution in [0.15, 0.2) is 67.3 Å². The van der Waals surface area contributed by atoms with Crippen LogP contribution in [0.25, 0.3) is 0 Å². The standard InChI is InChI=1S/C21H27NO/c1-4-21(19-12-9-13-20(23)14-19)17(3)15-22(5-2)16-18-10-7-6-8-11-18/h4,6-14,17,21,23H,1,5,15-16H2,2-3H3. The second-order valence-corrected chi connectivity index (χ2v) is 6.15. The van der Waals surface area contributed by atoms with E-state index in [1.807, 2.05) is 18.2 Å². The second-order valence-electron chi connectivity index (χ2n) is 6.15. The quantitative estimate of drug-likeness (QED) is 0.707. The third-order valence-electron chi connectivity index (χ3n) is 4.36. The Balaban J connectivity index is 2.05. The topological polar surface area (TPSA) is 23.5 Å². The molecule has 23 heavy (non-hydrogen) atoms. The SMILES string of the molecule is C=CC(c1cccc(O)c1)C(C)CN(CC)Cc1ccccc1. The third kappa shape index (κ3) is 4.97. The molecule has 0 aromatic heterocycles. The van der Waals surface area contributed by atoms with E-state index in [2.05, 4.69) is 61.7 Å². The maximum Gasteiger partial charge on any atom is 0.115 e. The zero-order chi connectivity index (χ0) is 16.7. The van der Waals surface area contributed by atoms with Crippen LogP contribution in [0.1, 0.15) is 30.9 Å². The molecule has 2 nitrogen and oxygen atoms in total. The molecular formula is C21H27NO. The number of hydrogen-bond acceptors (Lipinski definition) is 2. The number of aromatic hydroxyl groups is 1. The number of phenolic OH excluding ortho intramolecular Hbond substituents is 1. The average molecular weight is 309 g/mol. The van der Waals surface area contributed by atoms with Gasteiger partial charge in [0.15, 0.2) is 0 Å². The summed E-state index contributed by atoms with van der Waals surface area (Å²) in [4.78, 5) is 2.46. The molecule has 122 valence electrons. The first kappa shape index (κ1) is 17.3. The van der Waals surface area contributed by atoms with Crippen LogP contribution in [0.2, 0.25) is 0 Å². The zero-order valence-electron chi connectivity index (χ0n) is 14.2. The minimum atomic E-state index is 0.243. The molecule has 2 unspecified atom stereocenters. The highest BCUT2D eigenvalue weighted by Gasteiger charge is 2.19. The molecule has 2 aromatic rings. The molecule has 0 bridgehead atoms. The average Bonchev–Trinajstić information content (AvgIpc) is 2.56. The Bertz CT molecular complexity index is 608. The van der Waals surface area contributed by atoms with Crippen LogP contribution in [0.5, 0.6) is 5.75 Å². The minimum absolute atomic E-state index is 0.243. The van der Waals surface area contributed by atoms with Crippen molar-refractivity contribution in [2.45, 2.75) is 26.3 Å². The van der Waals surface area contributed by atoms with E-state index in [1.54, 1.807) is 6.07 Å². The third-order valence-corrected chi connectivity index (χ3v) is 4.36. The lowest BCUT2D eigenvalue weighted by Crippen LogP contribution is -2.30. The van der Waals surface area contributed by atoms with Crippen molar-refractivity contribution in [2.75, 3.05) is 13.1 Å². The van der Waals surface area contributed by atoms with E-state index in [0.29, 0.717) is 11.7 Å². The fraction of sp³-hybridized carbons (Fsp3) is 0.333. The molecule has 0 saturated carbocycles. The van der Waals surface area contributed by atoms with Crippen LogP contribution in [0.3, 0.4) is 0 Å². The van der Waals surface area contributed by atoms with Gasteiger partial charge in [0, 0.05) is 19.0 Å². The van der Waals surface area contributed by atoms with Crippen molar-refractivity contribution >= 4 is 0 Å². The molecule has 0 radical (unpaired) electrons. The molecule has 2 aromatic carbocycles. The Morgan fingerprint density at radius 2 is 1.87 bits per heavy atom. The van der Waals surface area contributed by atoms with Gasteiger partial charge in [-0.15, -0.1) is 6.58 Å². The Labute approximate surface area is 140 Å². The number of phenols is 1. The van der Waals surface area contributed by atoms with Gasteiger partial charge in [-0.1, -0.05) is 62.4 Å². The molecule has 2 rings (SSSR count). The van der Waals surface area contributed by atoms with Gasteiger partial charge in [0.2, 0.25) is 0 Å². The number of rotatable bonds is 8. The van der Waals surface area contributed by atoms with Crippen LogP contribution in [0.4, 0.5) is 0 Å². The maximum atomic E-state index is 9.72. The van der Waals surface area contributed by atoms with Crippen molar-refractivity contribution in [3.8, 4) is 5.75 Å². The first-order valence-electron chi connectivity index (χ1n) is 8.31. The monoisotopic (exact) mass is 309 g/mol. The highest BCUT2D eigenvalue weighted by molar-refractivity contribution is 5.32. The number of hydrogen-bond donors (Lipinski definition) is 1. The van der Waals surface area contributed by atoms with E-state index in [0.717, 1.165) is 25.2 Å². The van der Waals surface area contributed by atoms with Crippen molar-refractivity contribution in [3.63, 3.8) is 0 Å². The molecule has 2 atom stereocenters. The first-order valence-corrected chi connectivity index (χ1v) is 8.31. The number of benzene rings is 2. The first-order chi connectivity index (χ1) is 11.1. The summed E-state index contributed by atoms with van der Waals surface area (Å²) in [5, 5.41) is 9.72. The zero-order valence-corrected chi connectivity index (χ0v) is 14.2. The lowest BCUT2D eigenvalue weighted by atomic mass is 9.86. The van der Waals surface area contributed by atoms with E-state index in [4.69, 9.17) is 0 Å². The summed E-state index contributed by atoms with van der Waals surface area (Å²) in [6.45, 7) is 11.4. The van der Waals surface area contributed by atoms with Crippen molar-refractivity contribution in [2.24, 2.45) is 5.92 Å². The van der Waals surface area contributed by atoms with Gasteiger partial charge >= 0.3 is 0 Å². The molecule has 0 aliphatic carbocycles. The summed E-state index contributed by atoms with van der Waals surface area (Å²) >= 11 is 0. The molecule has 0 spiro atoms. The summed E-state index contributed by atoms with van der Waals surface area (Å²) in [6.07, 6.45) is 2.00. The van der Waals surface area contributed by atoms with Crippen LogP contribution in [-0.4, -0.2) is 23.1 Å². The molecule has 1 N–H and O–H groups in total. The summed E-state index contributed by atoms with van der Waals surface area (Å²) < 4.78 is 0. The molecule has 0 amide bonds. The summed E-state index contributed by atoms with van der Waals surface area (Å²) in [5.41, 5.74) is 2.47. The lowest BCUT2D eigenvalue weighted by Gasteiger charge is -2.28. The van der Waals surface area contributed by atoms with Crippen molar-refractivity contribution in [1.29, 1.82) is 0 Å². The molecular weight excluding hydrogens is 282 g/mol. The van der Waals surface area contributed by atoms with E-state index in [-0.39, 0.29) is 5.92 Å². The van der Waals surface area contributed by atoms with Crippen molar-refractivity contribution in [3.05, 3.63) is 78.4 Å². The van der Waals surface area contributed by atoms with E-state index in [9.17, 15) is 5.11 Å². The molecule has 0 saturated heterocycles. The largest absolute Gasteiger partial charge is 0.508 e. The van der Waals surface area contributed by atoms with Crippen LogP contribution in [0, 0.1) is 5.92 Å². The smallest absolute Gasteiger partial charge is 0.115 e. The number of nitrogens with zero attached hydrogens (tertiary/aromatic N) is 1. The Morgan fingerprint density at radius 1 is 1.13 bits per heavy atom.